The number of aliphatic carboxylic acids is 1. The van der Waals surface area contributed by atoms with E-state index in [2.05, 4.69) is 20.8 Å². The third kappa shape index (κ3) is 0.866. The normalized spacial score (nSPS) is 46.7. The second-order valence-corrected chi connectivity index (χ2v) is 5.44. The van der Waals surface area contributed by atoms with Crippen molar-refractivity contribution < 1.29 is 9.90 Å². The monoisotopic (exact) mass is 182 g/mol. The molecule has 0 aliphatic heterocycles. The zero-order valence-corrected chi connectivity index (χ0v) is 8.63. The molecule has 0 amide bonds. The van der Waals surface area contributed by atoms with Crippen LogP contribution in [-0.2, 0) is 4.79 Å². The minimum Gasteiger partial charge on any atom is -0.481 e. The van der Waals surface area contributed by atoms with Crippen molar-refractivity contribution in [2.24, 2.45) is 22.7 Å². The molecule has 2 aliphatic carbocycles. The Morgan fingerprint density at radius 2 is 2.08 bits per heavy atom. The lowest BCUT2D eigenvalue weighted by Crippen LogP contribution is -2.39. The minimum atomic E-state index is -0.562. The second kappa shape index (κ2) is 2.28. The molecule has 3 atom stereocenters. The molecule has 0 aromatic heterocycles. The van der Waals surface area contributed by atoms with Crippen LogP contribution in [0.5, 0.6) is 0 Å². The number of carbonyl (C=O) groups is 1. The van der Waals surface area contributed by atoms with Crippen molar-refractivity contribution in [3.8, 4) is 0 Å². The Balaban J connectivity index is 2.40. The Labute approximate surface area is 79.3 Å². The average molecular weight is 182 g/mol. The maximum absolute atomic E-state index is 11.3. The summed E-state index contributed by atoms with van der Waals surface area (Å²) in [6.07, 6.45) is 2.93. The molecule has 74 valence electrons. The fourth-order valence-corrected chi connectivity index (χ4v) is 3.55. The van der Waals surface area contributed by atoms with E-state index in [1.165, 1.54) is 0 Å². The molecular weight excluding hydrogens is 164 g/mol. The summed E-state index contributed by atoms with van der Waals surface area (Å²) in [5, 5.41) is 9.29. The first-order valence-corrected chi connectivity index (χ1v) is 5.14. The summed E-state index contributed by atoms with van der Waals surface area (Å²) < 4.78 is 0. The topological polar surface area (TPSA) is 37.3 Å². The van der Waals surface area contributed by atoms with E-state index in [1.54, 1.807) is 0 Å². The van der Waals surface area contributed by atoms with Crippen molar-refractivity contribution in [2.75, 3.05) is 0 Å². The van der Waals surface area contributed by atoms with Crippen molar-refractivity contribution in [3.05, 3.63) is 0 Å². The zero-order chi connectivity index (χ0) is 9.85. The van der Waals surface area contributed by atoms with Crippen LogP contribution in [0.15, 0.2) is 0 Å². The molecule has 0 aromatic rings. The number of fused-ring (bicyclic) bond motifs is 2. The van der Waals surface area contributed by atoms with Gasteiger partial charge < -0.3 is 5.11 Å². The van der Waals surface area contributed by atoms with E-state index in [9.17, 15) is 9.90 Å². The van der Waals surface area contributed by atoms with E-state index >= 15 is 0 Å². The van der Waals surface area contributed by atoms with Gasteiger partial charge in [0.2, 0.25) is 0 Å². The van der Waals surface area contributed by atoms with Crippen LogP contribution in [0, 0.1) is 22.7 Å². The van der Waals surface area contributed by atoms with Gasteiger partial charge in [-0.15, -0.1) is 0 Å². The number of carboxylic acid groups (broad SMARTS) is 1. The largest absolute Gasteiger partial charge is 0.481 e. The van der Waals surface area contributed by atoms with Crippen LogP contribution < -0.4 is 0 Å². The summed E-state index contributed by atoms with van der Waals surface area (Å²) in [6, 6.07) is 0. The van der Waals surface area contributed by atoms with Gasteiger partial charge in [-0.1, -0.05) is 20.8 Å². The minimum absolute atomic E-state index is 0.233. The van der Waals surface area contributed by atoms with E-state index in [4.69, 9.17) is 0 Å². The van der Waals surface area contributed by atoms with Crippen molar-refractivity contribution in [1.29, 1.82) is 0 Å². The second-order valence-electron chi connectivity index (χ2n) is 5.44. The van der Waals surface area contributed by atoms with Gasteiger partial charge in [0.15, 0.2) is 0 Å². The maximum atomic E-state index is 11.3. The first-order valence-electron chi connectivity index (χ1n) is 5.14. The van der Waals surface area contributed by atoms with Gasteiger partial charge in [0.05, 0.1) is 5.41 Å². The lowest BCUT2D eigenvalue weighted by atomic mass is 9.64. The molecule has 0 radical (unpaired) electrons. The van der Waals surface area contributed by atoms with Crippen LogP contribution in [0.1, 0.15) is 40.0 Å². The van der Waals surface area contributed by atoms with E-state index < -0.39 is 5.97 Å². The molecular formula is C11H18O2. The molecule has 3 unspecified atom stereocenters. The fraction of sp³-hybridized carbons (Fsp3) is 0.909. The first-order chi connectivity index (χ1) is 5.91. The molecule has 2 fully saturated rings. The number of carboxylic acids is 1. The van der Waals surface area contributed by atoms with Crippen molar-refractivity contribution in [2.45, 2.75) is 40.0 Å². The summed E-state index contributed by atoms with van der Waals surface area (Å²) in [6.45, 7) is 6.58. The molecule has 0 heterocycles. The van der Waals surface area contributed by atoms with Crippen LogP contribution in [0.4, 0.5) is 0 Å². The summed E-state index contributed by atoms with van der Waals surface area (Å²) in [7, 11) is 0. The van der Waals surface area contributed by atoms with Crippen LogP contribution in [0.3, 0.4) is 0 Å². The molecule has 2 rings (SSSR count). The van der Waals surface area contributed by atoms with Crippen molar-refractivity contribution >= 4 is 5.97 Å². The van der Waals surface area contributed by atoms with Crippen molar-refractivity contribution in [3.63, 3.8) is 0 Å². The smallest absolute Gasteiger partial charge is 0.309 e. The highest BCUT2D eigenvalue weighted by atomic mass is 16.4. The molecule has 2 bridgehead atoms. The number of rotatable bonds is 1. The molecule has 0 saturated heterocycles. The van der Waals surface area contributed by atoms with Gasteiger partial charge in [-0.2, -0.15) is 0 Å². The van der Waals surface area contributed by atoms with Gasteiger partial charge in [-0.3, -0.25) is 4.79 Å². The highest BCUT2D eigenvalue weighted by Gasteiger charge is 2.63. The van der Waals surface area contributed by atoms with E-state index in [1.807, 2.05) is 0 Å². The Hall–Kier alpha value is -0.530. The highest BCUT2D eigenvalue weighted by molar-refractivity contribution is 5.76. The Morgan fingerprint density at radius 1 is 1.46 bits per heavy atom. The number of hydrogen-bond donors (Lipinski definition) is 1. The molecule has 0 aromatic carbocycles. The van der Waals surface area contributed by atoms with Crippen LogP contribution >= 0.6 is 0 Å². The quantitative estimate of drug-likeness (QED) is 0.676. The molecule has 2 aliphatic rings. The number of hydrogen-bond acceptors (Lipinski definition) is 1. The summed E-state index contributed by atoms with van der Waals surface area (Å²) >= 11 is 0. The van der Waals surface area contributed by atoms with Crippen LogP contribution in [0.25, 0.3) is 0 Å². The van der Waals surface area contributed by atoms with Gasteiger partial charge in [-0.05, 0) is 36.5 Å². The fourth-order valence-electron chi connectivity index (χ4n) is 3.55. The van der Waals surface area contributed by atoms with E-state index in [-0.39, 0.29) is 10.8 Å². The molecule has 13 heavy (non-hydrogen) atoms. The third-order valence-corrected chi connectivity index (χ3v) is 4.97. The zero-order valence-electron chi connectivity index (χ0n) is 8.63. The van der Waals surface area contributed by atoms with Gasteiger partial charge in [-0.25, -0.2) is 0 Å². The third-order valence-electron chi connectivity index (χ3n) is 4.97. The molecule has 2 heteroatoms. The van der Waals surface area contributed by atoms with E-state index in [0.717, 1.165) is 19.3 Å². The highest BCUT2D eigenvalue weighted by Crippen LogP contribution is 2.65. The summed E-state index contributed by atoms with van der Waals surface area (Å²) in [5.41, 5.74) is -0.148. The van der Waals surface area contributed by atoms with E-state index in [0.29, 0.717) is 11.8 Å². The summed E-state index contributed by atoms with van der Waals surface area (Å²) in [4.78, 5) is 11.3. The lowest BCUT2D eigenvalue weighted by molar-refractivity contribution is -0.152. The lowest BCUT2D eigenvalue weighted by Gasteiger charge is -2.39. The van der Waals surface area contributed by atoms with Gasteiger partial charge >= 0.3 is 5.97 Å². The van der Waals surface area contributed by atoms with Gasteiger partial charge in [0.1, 0.15) is 0 Å². The first kappa shape index (κ1) is 9.04. The Bertz CT molecular complexity index is 257. The average Bonchev–Trinajstić information content (AvgIpc) is 2.53. The predicted octanol–water partition coefficient (Wildman–Crippen LogP) is 2.53. The molecule has 2 saturated carbocycles. The standard InChI is InChI=1S/C11H18O2/c1-7-10(2,3)8-4-5-11(7,6-8)9(12)13/h7-8H,4-6H2,1-3H3,(H,12,13). The van der Waals surface area contributed by atoms with Crippen molar-refractivity contribution in [1.82, 2.24) is 0 Å². The predicted molar refractivity (Wildman–Crippen MR) is 50.4 cm³/mol. The molecule has 0 spiro atoms. The molecule has 1 N–H and O–H groups in total. The van der Waals surface area contributed by atoms with Gasteiger partial charge in [0.25, 0.3) is 0 Å². The maximum Gasteiger partial charge on any atom is 0.309 e. The Morgan fingerprint density at radius 3 is 2.38 bits per heavy atom. The summed E-state index contributed by atoms with van der Waals surface area (Å²) in [5.74, 6) is 0.405. The SMILES string of the molecule is CC1C2(C(=O)O)CCC(C2)C1(C)C. The van der Waals surface area contributed by atoms with Crippen LogP contribution in [-0.4, -0.2) is 11.1 Å². The van der Waals surface area contributed by atoms with Gasteiger partial charge in [0, 0.05) is 0 Å². The van der Waals surface area contributed by atoms with Crippen LogP contribution in [0.2, 0.25) is 0 Å². The molecule has 2 nitrogen and oxygen atoms in total. The Kier molecular flexibility index (Phi) is 1.59.